The SMILES string of the molecule is COc1ccc(-n2nc(C(=O)OCC(=O)c3ccc(Br)cc3)nc2-c2cccc(C)c2)cc1. The van der Waals surface area contributed by atoms with Crippen molar-refractivity contribution in [1.29, 1.82) is 0 Å². The normalized spacial score (nSPS) is 10.6. The summed E-state index contributed by atoms with van der Waals surface area (Å²) < 4.78 is 12.9. The Morgan fingerprint density at radius 1 is 1.00 bits per heavy atom. The quantitative estimate of drug-likeness (QED) is 0.258. The summed E-state index contributed by atoms with van der Waals surface area (Å²) in [4.78, 5) is 29.5. The highest BCUT2D eigenvalue weighted by Crippen LogP contribution is 2.24. The first-order chi connectivity index (χ1) is 15.9. The average Bonchev–Trinajstić information content (AvgIpc) is 3.28. The molecule has 0 aliphatic rings. The predicted molar refractivity (Wildman–Crippen MR) is 127 cm³/mol. The van der Waals surface area contributed by atoms with Crippen LogP contribution >= 0.6 is 15.9 Å². The van der Waals surface area contributed by atoms with Crippen LogP contribution in [0.3, 0.4) is 0 Å². The lowest BCUT2D eigenvalue weighted by atomic mass is 10.1. The highest BCUT2D eigenvalue weighted by molar-refractivity contribution is 9.10. The van der Waals surface area contributed by atoms with E-state index in [1.807, 2.05) is 43.3 Å². The summed E-state index contributed by atoms with van der Waals surface area (Å²) in [7, 11) is 1.59. The predicted octanol–water partition coefficient (Wildman–Crippen LogP) is 5.05. The Hall–Kier alpha value is -3.78. The van der Waals surface area contributed by atoms with Gasteiger partial charge in [0, 0.05) is 15.6 Å². The molecule has 0 saturated heterocycles. The number of ketones is 1. The second-order valence-corrected chi connectivity index (χ2v) is 8.16. The van der Waals surface area contributed by atoms with Gasteiger partial charge >= 0.3 is 5.97 Å². The van der Waals surface area contributed by atoms with Gasteiger partial charge in [-0.25, -0.2) is 14.5 Å². The van der Waals surface area contributed by atoms with Crippen LogP contribution in [0.1, 0.15) is 26.5 Å². The second kappa shape index (κ2) is 9.79. The van der Waals surface area contributed by atoms with Gasteiger partial charge in [-0.15, -0.1) is 5.10 Å². The Balaban J connectivity index is 1.61. The van der Waals surface area contributed by atoms with Crippen molar-refractivity contribution >= 4 is 27.7 Å². The lowest BCUT2D eigenvalue weighted by molar-refractivity contribution is 0.0462. The smallest absolute Gasteiger partial charge is 0.378 e. The van der Waals surface area contributed by atoms with Crippen molar-refractivity contribution < 1.29 is 19.1 Å². The number of carbonyl (C=O) groups excluding carboxylic acids is 2. The molecule has 0 fully saturated rings. The molecule has 0 unspecified atom stereocenters. The summed E-state index contributed by atoms with van der Waals surface area (Å²) in [5, 5.41) is 4.38. The van der Waals surface area contributed by atoms with Gasteiger partial charge in [-0.1, -0.05) is 51.8 Å². The maximum absolute atomic E-state index is 12.7. The summed E-state index contributed by atoms with van der Waals surface area (Å²) in [6.07, 6.45) is 0. The summed E-state index contributed by atoms with van der Waals surface area (Å²) in [6, 6.07) is 21.8. The van der Waals surface area contributed by atoms with Gasteiger partial charge in [0.2, 0.25) is 0 Å². The van der Waals surface area contributed by atoms with E-state index in [-0.39, 0.29) is 11.6 Å². The van der Waals surface area contributed by atoms with Crippen molar-refractivity contribution in [3.05, 3.63) is 94.2 Å². The van der Waals surface area contributed by atoms with Crippen molar-refractivity contribution in [3.63, 3.8) is 0 Å². The van der Waals surface area contributed by atoms with Crippen LogP contribution in [0.4, 0.5) is 0 Å². The number of halogens is 1. The van der Waals surface area contributed by atoms with Crippen molar-refractivity contribution in [2.45, 2.75) is 6.92 Å². The van der Waals surface area contributed by atoms with Gasteiger partial charge in [-0.3, -0.25) is 4.79 Å². The number of aromatic nitrogens is 3. The first-order valence-corrected chi connectivity index (χ1v) is 10.9. The number of aryl methyl sites for hydroxylation is 1. The van der Waals surface area contributed by atoms with Gasteiger partial charge in [-0.05, 0) is 49.4 Å². The Morgan fingerprint density at radius 2 is 1.73 bits per heavy atom. The molecule has 7 nitrogen and oxygen atoms in total. The molecule has 33 heavy (non-hydrogen) atoms. The highest BCUT2D eigenvalue weighted by atomic mass is 79.9. The highest BCUT2D eigenvalue weighted by Gasteiger charge is 2.21. The lowest BCUT2D eigenvalue weighted by Gasteiger charge is -2.07. The van der Waals surface area contributed by atoms with Crippen molar-refractivity contribution in [2.75, 3.05) is 13.7 Å². The molecule has 1 aromatic heterocycles. The van der Waals surface area contributed by atoms with Crippen LogP contribution < -0.4 is 4.74 Å². The molecule has 0 atom stereocenters. The van der Waals surface area contributed by atoms with Gasteiger partial charge in [0.15, 0.2) is 18.2 Å². The molecule has 0 N–H and O–H groups in total. The van der Waals surface area contributed by atoms with Gasteiger partial charge < -0.3 is 9.47 Å². The van der Waals surface area contributed by atoms with Crippen molar-refractivity contribution in [3.8, 4) is 22.8 Å². The van der Waals surface area contributed by atoms with Crippen LogP contribution in [0.2, 0.25) is 0 Å². The zero-order valence-electron chi connectivity index (χ0n) is 18.0. The minimum absolute atomic E-state index is 0.133. The van der Waals surface area contributed by atoms with E-state index in [2.05, 4.69) is 26.0 Å². The molecular formula is C25H20BrN3O4. The molecule has 0 aliphatic heterocycles. The number of benzene rings is 3. The van der Waals surface area contributed by atoms with Gasteiger partial charge in [0.25, 0.3) is 5.82 Å². The first kappa shape index (κ1) is 22.4. The standard InChI is InChI=1S/C25H20BrN3O4/c1-16-4-3-5-18(14-16)24-27-23(28-29(24)20-10-12-21(32-2)13-11-20)25(31)33-15-22(30)17-6-8-19(26)9-7-17/h3-14H,15H2,1-2H3. The average molecular weight is 506 g/mol. The van der Waals surface area contributed by atoms with E-state index in [0.29, 0.717) is 22.8 Å². The van der Waals surface area contributed by atoms with Crippen molar-refractivity contribution in [1.82, 2.24) is 14.8 Å². The maximum atomic E-state index is 12.7. The van der Waals surface area contributed by atoms with Crippen LogP contribution in [0.5, 0.6) is 5.75 Å². The minimum Gasteiger partial charge on any atom is -0.497 e. The second-order valence-electron chi connectivity index (χ2n) is 7.24. The topological polar surface area (TPSA) is 83.3 Å². The maximum Gasteiger partial charge on any atom is 0.378 e. The zero-order valence-corrected chi connectivity index (χ0v) is 19.6. The van der Waals surface area contributed by atoms with Gasteiger partial charge in [0.05, 0.1) is 12.8 Å². The fourth-order valence-corrected chi connectivity index (χ4v) is 3.45. The number of rotatable bonds is 7. The number of esters is 1. The minimum atomic E-state index is -0.776. The number of ether oxygens (including phenoxy) is 2. The third-order valence-corrected chi connectivity index (χ3v) is 5.41. The summed E-state index contributed by atoms with van der Waals surface area (Å²) in [5.74, 6) is -0.0472. The molecule has 1 heterocycles. The number of Topliss-reactive ketones (excluding diaryl/α,β-unsaturated/α-hetero) is 1. The van der Waals surface area contributed by atoms with E-state index in [4.69, 9.17) is 9.47 Å². The summed E-state index contributed by atoms with van der Waals surface area (Å²) in [6.45, 7) is 1.57. The van der Waals surface area contributed by atoms with Gasteiger partial charge in [-0.2, -0.15) is 0 Å². The molecule has 4 aromatic rings. The van der Waals surface area contributed by atoms with Crippen LogP contribution in [-0.4, -0.2) is 40.2 Å². The summed E-state index contributed by atoms with van der Waals surface area (Å²) >= 11 is 3.32. The van der Waals surface area contributed by atoms with Gasteiger partial charge in [0.1, 0.15) is 5.75 Å². The third kappa shape index (κ3) is 5.18. The van der Waals surface area contributed by atoms with E-state index in [0.717, 1.165) is 15.6 Å². The molecular weight excluding hydrogens is 486 g/mol. The molecule has 0 amide bonds. The van der Waals surface area contributed by atoms with E-state index in [9.17, 15) is 9.59 Å². The Bertz CT molecular complexity index is 1300. The van der Waals surface area contributed by atoms with E-state index >= 15 is 0 Å². The molecule has 8 heteroatoms. The molecule has 0 spiro atoms. The van der Waals surface area contributed by atoms with Crippen LogP contribution in [-0.2, 0) is 4.74 Å². The molecule has 166 valence electrons. The molecule has 0 radical (unpaired) electrons. The number of carbonyl (C=O) groups is 2. The van der Waals surface area contributed by atoms with E-state index in [1.165, 1.54) is 0 Å². The van der Waals surface area contributed by atoms with Crippen LogP contribution in [0.25, 0.3) is 17.1 Å². The number of methoxy groups -OCH3 is 1. The molecule has 4 rings (SSSR count). The van der Waals surface area contributed by atoms with E-state index in [1.54, 1.807) is 48.2 Å². The summed E-state index contributed by atoms with van der Waals surface area (Å²) in [5.41, 5.74) is 2.98. The Kier molecular flexibility index (Phi) is 6.65. The Morgan fingerprint density at radius 3 is 2.39 bits per heavy atom. The van der Waals surface area contributed by atoms with E-state index < -0.39 is 12.6 Å². The Labute approximate surface area is 199 Å². The number of nitrogens with zero attached hydrogens (tertiary/aromatic N) is 3. The van der Waals surface area contributed by atoms with Crippen molar-refractivity contribution in [2.24, 2.45) is 0 Å². The number of hydrogen-bond donors (Lipinski definition) is 0. The largest absolute Gasteiger partial charge is 0.497 e. The zero-order chi connectivity index (χ0) is 23.4. The molecule has 3 aromatic carbocycles. The molecule has 0 bridgehead atoms. The van der Waals surface area contributed by atoms with Crippen LogP contribution in [0.15, 0.2) is 77.3 Å². The molecule has 0 saturated carbocycles. The lowest BCUT2D eigenvalue weighted by Crippen LogP contribution is -2.15. The first-order valence-electron chi connectivity index (χ1n) is 10.1. The molecule has 0 aliphatic carbocycles. The fourth-order valence-electron chi connectivity index (χ4n) is 3.19. The van der Waals surface area contributed by atoms with Crippen LogP contribution in [0, 0.1) is 6.92 Å². The third-order valence-electron chi connectivity index (χ3n) is 4.88. The number of hydrogen-bond acceptors (Lipinski definition) is 6. The fraction of sp³-hybridized carbons (Fsp3) is 0.120. The monoisotopic (exact) mass is 505 g/mol.